The zero-order valence-electron chi connectivity index (χ0n) is 11.7. The van der Waals surface area contributed by atoms with Crippen molar-refractivity contribution in [1.29, 1.82) is 0 Å². The minimum atomic E-state index is -3.58. The summed E-state index contributed by atoms with van der Waals surface area (Å²) in [5, 5.41) is 0.433. The van der Waals surface area contributed by atoms with E-state index in [9.17, 15) is 8.42 Å². The van der Waals surface area contributed by atoms with Crippen LogP contribution in [0, 0.1) is 5.41 Å². The molecule has 0 aromatic heterocycles. The number of anilines is 1. The van der Waals surface area contributed by atoms with Gasteiger partial charge in [-0.25, -0.2) is 13.1 Å². The van der Waals surface area contributed by atoms with Crippen LogP contribution in [-0.2, 0) is 10.0 Å². The largest absolute Gasteiger partial charge is 0.398 e. The molecule has 0 amide bonds. The highest BCUT2D eigenvalue weighted by molar-refractivity contribution is 7.89. The van der Waals surface area contributed by atoms with E-state index in [1.54, 1.807) is 0 Å². The van der Waals surface area contributed by atoms with E-state index in [0.717, 1.165) is 19.3 Å². The van der Waals surface area contributed by atoms with Crippen LogP contribution in [0.4, 0.5) is 5.69 Å². The highest BCUT2D eigenvalue weighted by Gasteiger charge is 2.33. The van der Waals surface area contributed by atoms with Gasteiger partial charge in [0.1, 0.15) is 4.90 Å². The Morgan fingerprint density at radius 2 is 2.00 bits per heavy atom. The second kappa shape index (κ2) is 5.92. The summed E-state index contributed by atoms with van der Waals surface area (Å²) in [7, 11) is -3.58. The first kappa shape index (κ1) is 15.6. The van der Waals surface area contributed by atoms with Gasteiger partial charge in [0, 0.05) is 11.6 Å². The Morgan fingerprint density at radius 1 is 1.35 bits per heavy atom. The summed E-state index contributed by atoms with van der Waals surface area (Å²) in [5.74, 6) is 0. The molecule has 6 heteroatoms. The third-order valence-electron chi connectivity index (χ3n) is 4.31. The number of nitrogen functional groups attached to an aromatic ring is 1. The fourth-order valence-corrected chi connectivity index (χ4v) is 4.32. The lowest BCUT2D eigenvalue weighted by molar-refractivity contribution is 0.285. The molecule has 1 aromatic rings. The van der Waals surface area contributed by atoms with E-state index in [0.29, 0.717) is 11.6 Å². The predicted octanol–water partition coefficient (Wildman–Crippen LogP) is 3.17. The number of halogens is 1. The van der Waals surface area contributed by atoms with Crippen LogP contribution in [0.15, 0.2) is 23.1 Å². The average Bonchev–Trinajstić information content (AvgIpc) is 2.85. The third kappa shape index (κ3) is 3.27. The van der Waals surface area contributed by atoms with E-state index >= 15 is 0 Å². The van der Waals surface area contributed by atoms with Gasteiger partial charge in [0.2, 0.25) is 10.0 Å². The Bertz CT molecular complexity index is 581. The number of hydrogen-bond acceptors (Lipinski definition) is 3. The second-order valence-corrected chi connectivity index (χ2v) is 7.74. The Balaban J connectivity index is 2.15. The Kier molecular flexibility index (Phi) is 4.62. The van der Waals surface area contributed by atoms with Crippen molar-refractivity contribution in [1.82, 2.24) is 4.72 Å². The topological polar surface area (TPSA) is 72.2 Å². The number of rotatable bonds is 5. The SMILES string of the molecule is CCC1(CNS(=O)(=O)c2ccc(Cl)cc2N)CCCC1. The van der Waals surface area contributed by atoms with E-state index in [1.807, 2.05) is 0 Å². The van der Waals surface area contributed by atoms with E-state index < -0.39 is 10.0 Å². The molecule has 0 aliphatic heterocycles. The van der Waals surface area contributed by atoms with Gasteiger partial charge >= 0.3 is 0 Å². The Labute approximate surface area is 125 Å². The standard InChI is InChI=1S/C14H21ClN2O2S/c1-2-14(7-3-4-8-14)10-17-20(18,19)13-6-5-11(15)9-12(13)16/h5-6,9,17H,2-4,7-8,10,16H2,1H3. The minimum absolute atomic E-state index is 0.103. The van der Waals surface area contributed by atoms with Gasteiger partial charge in [-0.1, -0.05) is 31.4 Å². The van der Waals surface area contributed by atoms with Crippen LogP contribution in [0.2, 0.25) is 5.02 Å². The summed E-state index contributed by atoms with van der Waals surface area (Å²) in [6.45, 7) is 2.60. The molecule has 0 atom stereocenters. The molecule has 112 valence electrons. The highest BCUT2D eigenvalue weighted by Crippen LogP contribution is 2.40. The lowest BCUT2D eigenvalue weighted by Crippen LogP contribution is -2.35. The van der Waals surface area contributed by atoms with Gasteiger partial charge in [0.15, 0.2) is 0 Å². The predicted molar refractivity (Wildman–Crippen MR) is 82.2 cm³/mol. The lowest BCUT2D eigenvalue weighted by atomic mass is 9.84. The fourth-order valence-electron chi connectivity index (χ4n) is 2.87. The minimum Gasteiger partial charge on any atom is -0.398 e. The Morgan fingerprint density at radius 3 is 2.55 bits per heavy atom. The van der Waals surface area contributed by atoms with Crippen molar-refractivity contribution < 1.29 is 8.42 Å². The number of nitrogens with one attached hydrogen (secondary N) is 1. The fraction of sp³-hybridized carbons (Fsp3) is 0.571. The average molecular weight is 317 g/mol. The molecule has 1 saturated carbocycles. The third-order valence-corrected chi connectivity index (χ3v) is 6.02. The van der Waals surface area contributed by atoms with Crippen LogP contribution in [0.3, 0.4) is 0 Å². The summed E-state index contributed by atoms with van der Waals surface area (Å²) in [6, 6.07) is 4.45. The molecule has 0 unspecified atom stereocenters. The van der Waals surface area contributed by atoms with Crippen LogP contribution in [0.1, 0.15) is 39.0 Å². The quantitative estimate of drug-likeness (QED) is 0.819. The normalized spacial score (nSPS) is 18.3. The molecule has 1 aliphatic carbocycles. The van der Waals surface area contributed by atoms with Crippen molar-refractivity contribution in [2.24, 2.45) is 5.41 Å². The summed E-state index contributed by atoms with van der Waals surface area (Å²) in [6.07, 6.45) is 5.52. The van der Waals surface area contributed by atoms with Crippen molar-refractivity contribution in [2.45, 2.75) is 43.9 Å². The Hall–Kier alpha value is -0.780. The summed E-state index contributed by atoms with van der Waals surface area (Å²) in [5.41, 5.74) is 6.04. The van der Waals surface area contributed by atoms with Gasteiger partial charge in [0.25, 0.3) is 0 Å². The van der Waals surface area contributed by atoms with Crippen LogP contribution < -0.4 is 10.5 Å². The van der Waals surface area contributed by atoms with Crippen molar-refractivity contribution >= 4 is 27.3 Å². The monoisotopic (exact) mass is 316 g/mol. The van der Waals surface area contributed by atoms with Crippen LogP contribution >= 0.6 is 11.6 Å². The van der Waals surface area contributed by atoms with Crippen LogP contribution in [0.25, 0.3) is 0 Å². The number of sulfonamides is 1. The van der Waals surface area contributed by atoms with Gasteiger partial charge in [0.05, 0.1) is 5.69 Å². The van der Waals surface area contributed by atoms with E-state index in [4.69, 9.17) is 17.3 Å². The zero-order chi connectivity index (χ0) is 14.8. The molecule has 20 heavy (non-hydrogen) atoms. The molecule has 4 nitrogen and oxygen atoms in total. The van der Waals surface area contributed by atoms with E-state index in [-0.39, 0.29) is 16.0 Å². The maximum absolute atomic E-state index is 12.3. The summed E-state index contributed by atoms with van der Waals surface area (Å²) >= 11 is 5.80. The van der Waals surface area contributed by atoms with Crippen molar-refractivity contribution in [3.05, 3.63) is 23.2 Å². The number of benzene rings is 1. The zero-order valence-corrected chi connectivity index (χ0v) is 13.2. The summed E-state index contributed by atoms with van der Waals surface area (Å²) in [4.78, 5) is 0.103. The van der Waals surface area contributed by atoms with Gasteiger partial charge in [-0.05, 0) is 42.9 Å². The van der Waals surface area contributed by atoms with Crippen molar-refractivity contribution in [3.63, 3.8) is 0 Å². The molecule has 1 fully saturated rings. The van der Waals surface area contributed by atoms with Crippen molar-refractivity contribution in [3.8, 4) is 0 Å². The molecular formula is C14H21ClN2O2S. The molecule has 0 bridgehead atoms. The number of nitrogens with two attached hydrogens (primary N) is 1. The molecule has 0 saturated heterocycles. The van der Waals surface area contributed by atoms with Gasteiger partial charge in [-0.3, -0.25) is 0 Å². The van der Waals surface area contributed by atoms with E-state index in [2.05, 4.69) is 11.6 Å². The maximum atomic E-state index is 12.3. The first-order chi connectivity index (χ1) is 9.38. The maximum Gasteiger partial charge on any atom is 0.242 e. The van der Waals surface area contributed by atoms with Crippen molar-refractivity contribution in [2.75, 3.05) is 12.3 Å². The molecule has 1 aromatic carbocycles. The smallest absolute Gasteiger partial charge is 0.242 e. The van der Waals surface area contributed by atoms with Gasteiger partial charge < -0.3 is 5.73 Å². The first-order valence-electron chi connectivity index (χ1n) is 6.93. The molecule has 0 heterocycles. The number of hydrogen-bond donors (Lipinski definition) is 2. The molecule has 0 radical (unpaired) electrons. The molecule has 2 rings (SSSR count). The highest BCUT2D eigenvalue weighted by atomic mass is 35.5. The molecule has 1 aliphatic rings. The van der Waals surface area contributed by atoms with E-state index in [1.165, 1.54) is 31.0 Å². The van der Waals surface area contributed by atoms with Gasteiger partial charge in [-0.2, -0.15) is 0 Å². The lowest BCUT2D eigenvalue weighted by Gasteiger charge is -2.27. The second-order valence-electron chi connectivity index (χ2n) is 5.57. The van der Waals surface area contributed by atoms with Gasteiger partial charge in [-0.15, -0.1) is 0 Å². The van der Waals surface area contributed by atoms with Crippen LogP contribution in [-0.4, -0.2) is 15.0 Å². The molecular weight excluding hydrogens is 296 g/mol. The summed E-state index contributed by atoms with van der Waals surface area (Å²) < 4.78 is 27.4. The molecule has 3 N–H and O–H groups in total. The molecule has 0 spiro atoms. The first-order valence-corrected chi connectivity index (χ1v) is 8.79. The van der Waals surface area contributed by atoms with Crippen LogP contribution in [0.5, 0.6) is 0 Å².